The molecule has 0 aliphatic heterocycles. The lowest BCUT2D eigenvalue weighted by Gasteiger charge is -2.30. The summed E-state index contributed by atoms with van der Waals surface area (Å²) in [5, 5.41) is 0.557. The fraction of sp³-hybridized carbons (Fsp3) is 0.400. The summed E-state index contributed by atoms with van der Waals surface area (Å²) in [5.41, 5.74) is 3.39. The van der Waals surface area contributed by atoms with E-state index in [0.29, 0.717) is 36.3 Å². The van der Waals surface area contributed by atoms with Crippen LogP contribution in [0.2, 0.25) is 0 Å². The molecular formula is C25H31N3O3. The van der Waals surface area contributed by atoms with Gasteiger partial charge in [-0.2, -0.15) is 0 Å². The highest BCUT2D eigenvalue weighted by molar-refractivity contribution is 5.79. The molecule has 1 aromatic heterocycles. The number of amides is 1. The number of ether oxygens (including phenoxy) is 1. The van der Waals surface area contributed by atoms with Crippen molar-refractivity contribution in [1.82, 2.24) is 14.5 Å². The maximum absolute atomic E-state index is 13.6. The molecule has 3 rings (SSSR count). The molecule has 164 valence electrons. The highest BCUT2D eigenvalue weighted by Gasteiger charge is 2.26. The zero-order valence-electron chi connectivity index (χ0n) is 19.0. The van der Waals surface area contributed by atoms with Gasteiger partial charge in [0, 0.05) is 20.1 Å². The SMILES string of the molecule is CCCC(=O)N(CCOC)C(C)c1nc2ccccc2c(=O)n1-c1ccc(C)cc1C. The molecule has 6 nitrogen and oxygen atoms in total. The number of aromatic nitrogens is 2. The molecule has 1 unspecified atom stereocenters. The molecule has 6 heteroatoms. The summed E-state index contributed by atoms with van der Waals surface area (Å²) in [7, 11) is 1.62. The molecule has 0 spiro atoms. The molecule has 3 aromatic rings. The molecule has 31 heavy (non-hydrogen) atoms. The van der Waals surface area contributed by atoms with E-state index < -0.39 is 6.04 Å². The molecule has 2 aromatic carbocycles. The van der Waals surface area contributed by atoms with Gasteiger partial charge in [0.05, 0.1) is 29.2 Å². The average Bonchev–Trinajstić information content (AvgIpc) is 2.75. The Kier molecular flexibility index (Phi) is 7.23. The zero-order chi connectivity index (χ0) is 22.5. The number of aryl methyl sites for hydroxylation is 2. The Morgan fingerprint density at radius 1 is 1.19 bits per heavy atom. The number of nitrogens with zero attached hydrogens (tertiary/aromatic N) is 3. The van der Waals surface area contributed by atoms with Crippen LogP contribution in [0, 0.1) is 13.8 Å². The summed E-state index contributed by atoms with van der Waals surface area (Å²) in [6, 6.07) is 12.9. The van der Waals surface area contributed by atoms with Gasteiger partial charge in [-0.3, -0.25) is 14.2 Å². The predicted molar refractivity (Wildman–Crippen MR) is 124 cm³/mol. The van der Waals surface area contributed by atoms with Gasteiger partial charge in [-0.25, -0.2) is 4.98 Å². The minimum Gasteiger partial charge on any atom is -0.383 e. The number of hydrogen-bond acceptors (Lipinski definition) is 4. The van der Waals surface area contributed by atoms with Crippen molar-refractivity contribution < 1.29 is 9.53 Å². The molecular weight excluding hydrogens is 390 g/mol. The number of carbonyl (C=O) groups is 1. The van der Waals surface area contributed by atoms with Crippen molar-refractivity contribution in [2.75, 3.05) is 20.3 Å². The summed E-state index contributed by atoms with van der Waals surface area (Å²) in [6.45, 7) is 8.78. The lowest BCUT2D eigenvalue weighted by Crippen LogP contribution is -2.39. The van der Waals surface area contributed by atoms with Gasteiger partial charge in [0.25, 0.3) is 5.56 Å². The van der Waals surface area contributed by atoms with Crippen LogP contribution in [-0.4, -0.2) is 40.6 Å². The van der Waals surface area contributed by atoms with E-state index in [-0.39, 0.29) is 11.5 Å². The molecule has 1 heterocycles. The van der Waals surface area contributed by atoms with Crippen molar-refractivity contribution >= 4 is 16.8 Å². The van der Waals surface area contributed by atoms with E-state index in [9.17, 15) is 9.59 Å². The number of carbonyl (C=O) groups excluding carboxylic acids is 1. The molecule has 0 saturated carbocycles. The van der Waals surface area contributed by atoms with E-state index in [1.54, 1.807) is 22.6 Å². The molecule has 0 aliphatic rings. The normalized spacial score (nSPS) is 12.2. The topological polar surface area (TPSA) is 64.4 Å². The first-order chi connectivity index (χ1) is 14.9. The standard InChI is InChI=1S/C25H31N3O3/c1-6-9-23(29)27(14-15-31-5)19(4)24-26-21-11-8-7-10-20(21)25(30)28(24)22-13-12-17(2)16-18(22)3/h7-8,10-13,16,19H,6,9,14-15H2,1-5H3. The van der Waals surface area contributed by atoms with Gasteiger partial charge < -0.3 is 9.64 Å². The summed E-state index contributed by atoms with van der Waals surface area (Å²) < 4.78 is 6.91. The zero-order valence-corrected chi connectivity index (χ0v) is 19.0. The number of methoxy groups -OCH3 is 1. The van der Waals surface area contributed by atoms with Gasteiger partial charge in [-0.05, 0) is 51.0 Å². The maximum Gasteiger partial charge on any atom is 0.266 e. The summed E-state index contributed by atoms with van der Waals surface area (Å²) in [5.74, 6) is 0.581. The van der Waals surface area contributed by atoms with E-state index >= 15 is 0 Å². The van der Waals surface area contributed by atoms with Crippen molar-refractivity contribution in [3.8, 4) is 5.69 Å². The van der Waals surface area contributed by atoms with Crippen LogP contribution < -0.4 is 5.56 Å². The summed E-state index contributed by atoms with van der Waals surface area (Å²) in [6.07, 6.45) is 1.19. The lowest BCUT2D eigenvalue weighted by molar-refractivity contribution is -0.134. The number of benzene rings is 2. The quantitative estimate of drug-likeness (QED) is 0.543. The third-order valence-electron chi connectivity index (χ3n) is 5.56. The third kappa shape index (κ3) is 4.69. The van der Waals surface area contributed by atoms with Crippen LogP contribution >= 0.6 is 0 Å². The number of para-hydroxylation sites is 1. The Labute approximate surface area is 183 Å². The number of fused-ring (bicyclic) bond motifs is 1. The Balaban J connectivity index is 2.26. The van der Waals surface area contributed by atoms with Gasteiger partial charge >= 0.3 is 0 Å². The second-order valence-corrected chi connectivity index (χ2v) is 7.92. The van der Waals surface area contributed by atoms with E-state index in [2.05, 4.69) is 6.07 Å². The van der Waals surface area contributed by atoms with Crippen LogP contribution in [-0.2, 0) is 9.53 Å². The van der Waals surface area contributed by atoms with Crippen molar-refractivity contribution in [2.45, 2.75) is 46.6 Å². The third-order valence-corrected chi connectivity index (χ3v) is 5.56. The molecule has 0 N–H and O–H groups in total. The van der Waals surface area contributed by atoms with Crippen LogP contribution in [0.15, 0.2) is 47.3 Å². The molecule has 0 fully saturated rings. The minimum absolute atomic E-state index is 0.0293. The highest BCUT2D eigenvalue weighted by atomic mass is 16.5. The number of hydrogen-bond donors (Lipinski definition) is 0. The highest BCUT2D eigenvalue weighted by Crippen LogP contribution is 2.25. The van der Waals surface area contributed by atoms with Crippen molar-refractivity contribution in [3.63, 3.8) is 0 Å². The fourth-order valence-corrected chi connectivity index (χ4v) is 3.94. The molecule has 0 radical (unpaired) electrons. The van der Waals surface area contributed by atoms with Crippen LogP contribution in [0.4, 0.5) is 0 Å². The second-order valence-electron chi connectivity index (χ2n) is 7.92. The lowest BCUT2D eigenvalue weighted by atomic mass is 10.1. The molecule has 0 saturated heterocycles. The first kappa shape index (κ1) is 22.7. The minimum atomic E-state index is -0.396. The maximum atomic E-state index is 13.6. The molecule has 1 atom stereocenters. The van der Waals surface area contributed by atoms with Crippen LogP contribution in [0.3, 0.4) is 0 Å². The monoisotopic (exact) mass is 421 g/mol. The van der Waals surface area contributed by atoms with Crippen molar-refractivity contribution in [1.29, 1.82) is 0 Å². The van der Waals surface area contributed by atoms with Gasteiger partial charge in [-0.15, -0.1) is 0 Å². The Morgan fingerprint density at radius 3 is 2.61 bits per heavy atom. The first-order valence-corrected chi connectivity index (χ1v) is 10.8. The van der Waals surface area contributed by atoms with Gasteiger partial charge in [0.2, 0.25) is 5.91 Å². The average molecular weight is 422 g/mol. The van der Waals surface area contributed by atoms with E-state index in [4.69, 9.17) is 9.72 Å². The Hall–Kier alpha value is -2.99. The fourth-order valence-electron chi connectivity index (χ4n) is 3.94. The Bertz CT molecular complexity index is 1140. The van der Waals surface area contributed by atoms with Crippen molar-refractivity contribution in [3.05, 3.63) is 69.8 Å². The Morgan fingerprint density at radius 2 is 1.94 bits per heavy atom. The van der Waals surface area contributed by atoms with E-state index in [1.807, 2.05) is 58.0 Å². The smallest absolute Gasteiger partial charge is 0.266 e. The van der Waals surface area contributed by atoms with Crippen LogP contribution in [0.5, 0.6) is 0 Å². The van der Waals surface area contributed by atoms with Crippen LogP contribution in [0.25, 0.3) is 16.6 Å². The van der Waals surface area contributed by atoms with E-state index in [1.165, 1.54) is 0 Å². The molecule has 1 amide bonds. The van der Waals surface area contributed by atoms with Gasteiger partial charge in [0.15, 0.2) is 0 Å². The van der Waals surface area contributed by atoms with E-state index in [0.717, 1.165) is 23.2 Å². The predicted octanol–water partition coefficient (Wildman–Crippen LogP) is 4.34. The van der Waals surface area contributed by atoms with Crippen molar-refractivity contribution in [2.24, 2.45) is 0 Å². The van der Waals surface area contributed by atoms with Crippen LogP contribution in [0.1, 0.15) is 49.7 Å². The van der Waals surface area contributed by atoms with Gasteiger partial charge in [-0.1, -0.05) is 36.8 Å². The molecule has 0 bridgehead atoms. The first-order valence-electron chi connectivity index (χ1n) is 10.8. The second kappa shape index (κ2) is 9.88. The summed E-state index contributed by atoms with van der Waals surface area (Å²) >= 11 is 0. The van der Waals surface area contributed by atoms with Gasteiger partial charge in [0.1, 0.15) is 5.82 Å². The molecule has 0 aliphatic carbocycles. The largest absolute Gasteiger partial charge is 0.383 e. The summed E-state index contributed by atoms with van der Waals surface area (Å²) in [4.78, 5) is 33.2. The number of rotatable bonds is 8.